The second kappa shape index (κ2) is 10.2. The molecule has 0 aliphatic carbocycles. The third kappa shape index (κ3) is 6.55. The highest BCUT2D eigenvalue weighted by Crippen LogP contribution is 2.37. The molecule has 2 N–H and O–H groups in total. The van der Waals surface area contributed by atoms with Crippen LogP contribution in [0.5, 0.6) is 11.5 Å². The van der Waals surface area contributed by atoms with E-state index in [2.05, 4.69) is 5.32 Å². The van der Waals surface area contributed by atoms with Crippen LogP contribution in [0.2, 0.25) is 0 Å². The second-order valence-corrected chi connectivity index (χ2v) is 5.38. The molecule has 0 spiro atoms. The Bertz CT molecular complexity index is 498. The first-order valence-electron chi connectivity index (χ1n) is 7.29. The first-order valence-corrected chi connectivity index (χ1v) is 7.29. The van der Waals surface area contributed by atoms with E-state index in [1.807, 2.05) is 4.90 Å². The highest BCUT2D eigenvalue weighted by Gasteiger charge is 2.32. The van der Waals surface area contributed by atoms with Crippen LogP contribution in [-0.4, -0.2) is 49.5 Å². The fourth-order valence-electron chi connectivity index (χ4n) is 2.76. The quantitative estimate of drug-likeness (QED) is 0.806. The molecule has 1 saturated heterocycles. The standard InChI is InChI=1S/C15H21F3N2O2.2ClH/c1-22-11-2-3-12(14(21)10-11)13(4-5-15(16,17)18)20-8-6-19-7-9-20;;/h2-3,10,13,19,21H,4-9H2,1H3;2*1H/t13-;;/m0../s1. The first kappa shape index (κ1) is 23.1. The van der Waals surface area contributed by atoms with Gasteiger partial charge in [0.25, 0.3) is 0 Å². The number of ether oxygens (including phenoxy) is 1. The number of hydrogen-bond acceptors (Lipinski definition) is 4. The number of benzene rings is 1. The van der Waals surface area contributed by atoms with Crippen molar-refractivity contribution in [2.45, 2.75) is 25.1 Å². The third-order valence-electron chi connectivity index (χ3n) is 3.89. The van der Waals surface area contributed by atoms with E-state index in [9.17, 15) is 18.3 Å². The summed E-state index contributed by atoms with van der Waals surface area (Å²) in [5, 5.41) is 13.3. The Kier molecular flexibility index (Phi) is 9.80. The normalized spacial score (nSPS) is 16.7. The molecule has 1 aliphatic heterocycles. The van der Waals surface area contributed by atoms with E-state index >= 15 is 0 Å². The van der Waals surface area contributed by atoms with Crippen molar-refractivity contribution < 1.29 is 23.0 Å². The molecular formula is C15H23Cl2F3N2O2. The Morgan fingerprint density at radius 2 is 1.88 bits per heavy atom. The Labute approximate surface area is 152 Å². The number of phenolic OH excluding ortho intramolecular Hbond substituents is 1. The fourth-order valence-corrected chi connectivity index (χ4v) is 2.76. The van der Waals surface area contributed by atoms with Gasteiger partial charge in [-0.15, -0.1) is 24.8 Å². The van der Waals surface area contributed by atoms with Gasteiger partial charge in [-0.05, 0) is 12.5 Å². The predicted molar refractivity (Wildman–Crippen MR) is 91.6 cm³/mol. The summed E-state index contributed by atoms with van der Waals surface area (Å²) in [4.78, 5) is 1.99. The Balaban J connectivity index is 0.00000264. The van der Waals surface area contributed by atoms with Crippen LogP contribution in [0.4, 0.5) is 13.2 Å². The van der Waals surface area contributed by atoms with Crippen LogP contribution < -0.4 is 10.1 Å². The molecule has 4 nitrogen and oxygen atoms in total. The average Bonchev–Trinajstić information content (AvgIpc) is 2.48. The number of aromatic hydroxyl groups is 1. The van der Waals surface area contributed by atoms with Crippen molar-refractivity contribution in [1.29, 1.82) is 0 Å². The number of nitrogens with zero attached hydrogens (tertiary/aromatic N) is 1. The number of nitrogens with one attached hydrogen (secondary N) is 1. The number of phenols is 1. The van der Waals surface area contributed by atoms with E-state index in [-0.39, 0.29) is 37.0 Å². The summed E-state index contributed by atoms with van der Waals surface area (Å²) >= 11 is 0. The molecule has 1 heterocycles. The fraction of sp³-hybridized carbons (Fsp3) is 0.600. The minimum atomic E-state index is -4.20. The van der Waals surface area contributed by atoms with Gasteiger partial charge in [-0.25, -0.2) is 0 Å². The molecule has 0 aromatic heterocycles. The van der Waals surface area contributed by atoms with Gasteiger partial charge in [-0.2, -0.15) is 13.2 Å². The molecule has 0 amide bonds. The maximum atomic E-state index is 12.6. The average molecular weight is 391 g/mol. The maximum absolute atomic E-state index is 12.6. The third-order valence-corrected chi connectivity index (χ3v) is 3.89. The number of rotatable bonds is 5. The molecule has 1 aromatic carbocycles. The molecule has 2 rings (SSSR count). The summed E-state index contributed by atoms with van der Waals surface area (Å²) in [7, 11) is 1.48. The summed E-state index contributed by atoms with van der Waals surface area (Å²) in [5.74, 6) is 0.459. The summed E-state index contributed by atoms with van der Waals surface area (Å²) in [6.07, 6.45) is -5.13. The van der Waals surface area contributed by atoms with Crippen molar-refractivity contribution in [2.24, 2.45) is 0 Å². The van der Waals surface area contributed by atoms with Gasteiger partial charge in [0.15, 0.2) is 0 Å². The van der Waals surface area contributed by atoms with Gasteiger partial charge in [-0.3, -0.25) is 4.90 Å². The lowest BCUT2D eigenvalue weighted by Gasteiger charge is -2.35. The monoisotopic (exact) mass is 390 g/mol. The van der Waals surface area contributed by atoms with E-state index in [1.54, 1.807) is 12.1 Å². The topological polar surface area (TPSA) is 44.7 Å². The predicted octanol–water partition coefficient (Wildman–Crippen LogP) is 3.53. The highest BCUT2D eigenvalue weighted by atomic mass is 35.5. The smallest absolute Gasteiger partial charge is 0.389 e. The summed E-state index contributed by atoms with van der Waals surface area (Å²) in [6.45, 7) is 2.79. The molecule has 24 heavy (non-hydrogen) atoms. The van der Waals surface area contributed by atoms with Crippen LogP contribution in [0.1, 0.15) is 24.4 Å². The summed E-state index contributed by atoms with van der Waals surface area (Å²) in [5.41, 5.74) is 0.520. The van der Waals surface area contributed by atoms with Crippen LogP contribution >= 0.6 is 24.8 Å². The van der Waals surface area contributed by atoms with Gasteiger partial charge >= 0.3 is 6.18 Å². The van der Waals surface area contributed by atoms with Gasteiger partial charge in [0.1, 0.15) is 11.5 Å². The lowest BCUT2D eigenvalue weighted by molar-refractivity contribution is -0.138. The van der Waals surface area contributed by atoms with Crippen molar-refractivity contribution in [3.63, 3.8) is 0 Å². The van der Waals surface area contributed by atoms with Crippen molar-refractivity contribution in [1.82, 2.24) is 10.2 Å². The maximum Gasteiger partial charge on any atom is 0.389 e. The molecule has 0 unspecified atom stereocenters. The van der Waals surface area contributed by atoms with Crippen molar-refractivity contribution in [3.05, 3.63) is 23.8 Å². The van der Waals surface area contributed by atoms with Crippen molar-refractivity contribution in [2.75, 3.05) is 33.3 Å². The van der Waals surface area contributed by atoms with Gasteiger partial charge in [0.2, 0.25) is 0 Å². The Hall–Kier alpha value is -0.890. The van der Waals surface area contributed by atoms with Crippen LogP contribution in [0.3, 0.4) is 0 Å². The number of halogens is 5. The molecule has 1 aromatic rings. The number of hydrogen-bond donors (Lipinski definition) is 2. The van der Waals surface area contributed by atoms with E-state index < -0.39 is 18.6 Å². The minimum absolute atomic E-state index is 0. The van der Waals surface area contributed by atoms with Crippen LogP contribution in [0.15, 0.2) is 18.2 Å². The van der Waals surface area contributed by atoms with Crippen LogP contribution in [-0.2, 0) is 0 Å². The number of piperazine rings is 1. The molecular weight excluding hydrogens is 368 g/mol. The summed E-state index contributed by atoms with van der Waals surface area (Å²) < 4.78 is 42.8. The molecule has 9 heteroatoms. The number of alkyl halides is 3. The highest BCUT2D eigenvalue weighted by molar-refractivity contribution is 5.85. The van der Waals surface area contributed by atoms with Crippen molar-refractivity contribution >= 4 is 24.8 Å². The Morgan fingerprint density at radius 3 is 2.38 bits per heavy atom. The lowest BCUT2D eigenvalue weighted by atomic mass is 9.98. The van der Waals surface area contributed by atoms with Gasteiger partial charge in [-0.1, -0.05) is 6.07 Å². The molecule has 140 valence electrons. The van der Waals surface area contributed by atoms with Crippen LogP contribution in [0, 0.1) is 0 Å². The van der Waals surface area contributed by atoms with E-state index in [1.165, 1.54) is 13.2 Å². The molecule has 0 bridgehead atoms. The van der Waals surface area contributed by atoms with Crippen LogP contribution in [0.25, 0.3) is 0 Å². The van der Waals surface area contributed by atoms with E-state index in [0.29, 0.717) is 24.4 Å². The Morgan fingerprint density at radius 1 is 1.25 bits per heavy atom. The summed E-state index contributed by atoms with van der Waals surface area (Å²) in [6, 6.07) is 4.31. The van der Waals surface area contributed by atoms with Gasteiger partial charge < -0.3 is 15.2 Å². The molecule has 1 fully saturated rings. The molecule has 1 atom stereocenters. The zero-order chi connectivity index (χ0) is 16.2. The minimum Gasteiger partial charge on any atom is -0.507 e. The SMILES string of the molecule is COc1ccc([C@H](CCC(F)(F)F)N2CCNCC2)c(O)c1.Cl.Cl. The van der Waals surface area contributed by atoms with Crippen molar-refractivity contribution in [3.8, 4) is 11.5 Å². The zero-order valence-electron chi connectivity index (χ0n) is 13.3. The molecule has 0 radical (unpaired) electrons. The molecule has 1 aliphatic rings. The van der Waals surface area contributed by atoms with Gasteiger partial charge in [0, 0.05) is 50.3 Å². The first-order chi connectivity index (χ1) is 10.4. The largest absolute Gasteiger partial charge is 0.507 e. The number of methoxy groups -OCH3 is 1. The zero-order valence-corrected chi connectivity index (χ0v) is 14.9. The van der Waals surface area contributed by atoms with E-state index in [4.69, 9.17) is 4.74 Å². The van der Waals surface area contributed by atoms with E-state index in [0.717, 1.165) is 13.1 Å². The lowest BCUT2D eigenvalue weighted by Crippen LogP contribution is -2.45. The molecule has 0 saturated carbocycles. The van der Waals surface area contributed by atoms with Gasteiger partial charge in [0.05, 0.1) is 7.11 Å². The second-order valence-electron chi connectivity index (χ2n) is 5.38.